The summed E-state index contributed by atoms with van der Waals surface area (Å²) in [5.74, 6) is -0.229. The van der Waals surface area contributed by atoms with Crippen LogP contribution in [0, 0.1) is 0 Å². The van der Waals surface area contributed by atoms with Crippen LogP contribution in [0.25, 0.3) is 10.8 Å². The molecule has 2 amide bonds. The molecule has 0 aliphatic carbocycles. The molecular weight excluding hydrogens is 336 g/mol. The number of hydrogen-bond acceptors (Lipinski definition) is 5. The summed E-state index contributed by atoms with van der Waals surface area (Å²) in [7, 11) is 0. The number of likely N-dealkylation sites (tertiary alicyclic amines) is 1. The molecule has 1 atom stereocenters. The largest absolute Gasteiger partial charge is 0.346 e. The topological polar surface area (TPSA) is 75.2 Å². The van der Waals surface area contributed by atoms with Gasteiger partial charge >= 0.3 is 0 Å². The summed E-state index contributed by atoms with van der Waals surface area (Å²) in [6, 6.07) is 14.1. The number of fused-ring (bicyclic) bond motifs is 1. The number of nitrogens with one attached hydrogen (secondary N) is 1. The zero-order valence-corrected chi connectivity index (χ0v) is 14.2. The Morgan fingerprint density at radius 2 is 2.08 bits per heavy atom. The van der Waals surface area contributed by atoms with Crippen LogP contribution in [0.2, 0.25) is 0 Å². The molecule has 0 radical (unpaired) electrons. The van der Waals surface area contributed by atoms with Crippen LogP contribution in [-0.4, -0.2) is 38.9 Å². The minimum absolute atomic E-state index is 0.0506. The van der Waals surface area contributed by atoms with Gasteiger partial charge in [0.15, 0.2) is 5.69 Å². The van der Waals surface area contributed by atoms with Gasteiger partial charge in [-0.25, -0.2) is 0 Å². The first-order valence-corrected chi connectivity index (χ1v) is 8.87. The van der Waals surface area contributed by atoms with Gasteiger partial charge in [-0.1, -0.05) is 47.0 Å². The van der Waals surface area contributed by atoms with Crippen molar-refractivity contribution < 1.29 is 9.59 Å². The predicted molar refractivity (Wildman–Crippen MR) is 95.1 cm³/mol. The Morgan fingerprint density at radius 1 is 1.24 bits per heavy atom. The van der Waals surface area contributed by atoms with E-state index in [1.54, 1.807) is 10.3 Å². The van der Waals surface area contributed by atoms with Crippen molar-refractivity contribution in [2.75, 3.05) is 6.54 Å². The highest BCUT2D eigenvalue weighted by molar-refractivity contribution is 7.03. The quantitative estimate of drug-likeness (QED) is 0.781. The lowest BCUT2D eigenvalue weighted by Gasteiger charge is -2.18. The molecule has 2 heterocycles. The zero-order chi connectivity index (χ0) is 17.2. The molecule has 3 aromatic rings. The third kappa shape index (κ3) is 3.23. The molecule has 126 valence electrons. The van der Waals surface area contributed by atoms with E-state index in [1.807, 2.05) is 24.3 Å². The average Bonchev–Trinajstić information content (AvgIpc) is 3.26. The fraction of sp³-hybridized carbons (Fsp3) is 0.222. The van der Waals surface area contributed by atoms with E-state index >= 15 is 0 Å². The molecule has 1 saturated heterocycles. The first-order valence-electron chi connectivity index (χ1n) is 8.03. The normalized spacial score (nSPS) is 17.2. The van der Waals surface area contributed by atoms with Crippen LogP contribution in [0.4, 0.5) is 0 Å². The van der Waals surface area contributed by atoms with Gasteiger partial charge in [-0.05, 0) is 27.9 Å². The van der Waals surface area contributed by atoms with Gasteiger partial charge in [-0.15, -0.1) is 5.10 Å². The summed E-state index contributed by atoms with van der Waals surface area (Å²) in [5.41, 5.74) is 1.41. The molecule has 1 aromatic heterocycles. The van der Waals surface area contributed by atoms with Gasteiger partial charge in [-0.2, -0.15) is 0 Å². The van der Waals surface area contributed by atoms with E-state index < -0.39 is 0 Å². The molecule has 0 spiro atoms. The molecule has 4 rings (SSSR count). The van der Waals surface area contributed by atoms with E-state index in [-0.39, 0.29) is 17.9 Å². The van der Waals surface area contributed by atoms with Gasteiger partial charge < -0.3 is 10.2 Å². The zero-order valence-electron chi connectivity index (χ0n) is 13.4. The molecule has 2 aromatic carbocycles. The van der Waals surface area contributed by atoms with E-state index in [4.69, 9.17) is 0 Å². The van der Waals surface area contributed by atoms with Gasteiger partial charge in [0, 0.05) is 24.9 Å². The van der Waals surface area contributed by atoms with Crippen LogP contribution in [-0.2, 0) is 11.3 Å². The number of amides is 2. The number of benzene rings is 2. The van der Waals surface area contributed by atoms with Crippen LogP contribution < -0.4 is 5.32 Å². The molecule has 25 heavy (non-hydrogen) atoms. The van der Waals surface area contributed by atoms with Crippen molar-refractivity contribution in [2.24, 2.45) is 0 Å². The monoisotopic (exact) mass is 352 g/mol. The van der Waals surface area contributed by atoms with E-state index in [2.05, 4.69) is 33.1 Å². The second-order valence-electron chi connectivity index (χ2n) is 6.08. The van der Waals surface area contributed by atoms with Crippen molar-refractivity contribution in [1.82, 2.24) is 19.8 Å². The van der Waals surface area contributed by atoms with Crippen molar-refractivity contribution in [3.63, 3.8) is 0 Å². The maximum Gasteiger partial charge on any atom is 0.273 e. The SMILES string of the molecule is O=C(NC1CC(=O)N(Cc2cccc3ccccc23)C1)c1csnn1. The van der Waals surface area contributed by atoms with Crippen molar-refractivity contribution in [3.8, 4) is 0 Å². The highest BCUT2D eigenvalue weighted by Crippen LogP contribution is 2.22. The van der Waals surface area contributed by atoms with Gasteiger partial charge in [0.05, 0.1) is 6.04 Å². The van der Waals surface area contributed by atoms with Crippen molar-refractivity contribution in [2.45, 2.75) is 19.0 Å². The van der Waals surface area contributed by atoms with Crippen LogP contribution in [0.5, 0.6) is 0 Å². The summed E-state index contributed by atoms with van der Waals surface area (Å²) >= 11 is 1.13. The molecule has 1 fully saturated rings. The number of rotatable bonds is 4. The Labute approximate surface area is 148 Å². The predicted octanol–water partition coefficient (Wildman–Crippen LogP) is 2.22. The maximum absolute atomic E-state index is 12.3. The van der Waals surface area contributed by atoms with Crippen LogP contribution >= 0.6 is 11.5 Å². The molecule has 7 heteroatoms. The van der Waals surface area contributed by atoms with Gasteiger partial charge in [0.2, 0.25) is 5.91 Å². The fourth-order valence-corrected chi connectivity index (χ4v) is 3.62. The van der Waals surface area contributed by atoms with Crippen molar-refractivity contribution in [1.29, 1.82) is 0 Å². The summed E-state index contributed by atoms with van der Waals surface area (Å²) < 4.78 is 3.69. The maximum atomic E-state index is 12.3. The summed E-state index contributed by atoms with van der Waals surface area (Å²) in [4.78, 5) is 26.2. The Morgan fingerprint density at radius 3 is 2.92 bits per heavy atom. The Balaban J connectivity index is 1.46. The fourth-order valence-electron chi connectivity index (χ4n) is 3.18. The average molecular weight is 352 g/mol. The molecule has 1 unspecified atom stereocenters. The number of carbonyl (C=O) groups is 2. The molecule has 1 N–H and O–H groups in total. The highest BCUT2D eigenvalue weighted by atomic mass is 32.1. The van der Waals surface area contributed by atoms with E-state index in [0.717, 1.165) is 27.9 Å². The summed E-state index contributed by atoms with van der Waals surface area (Å²) in [6.07, 6.45) is 0.314. The number of hydrogen-bond donors (Lipinski definition) is 1. The van der Waals surface area contributed by atoms with E-state index in [1.165, 1.54) is 0 Å². The van der Waals surface area contributed by atoms with E-state index in [9.17, 15) is 9.59 Å². The highest BCUT2D eigenvalue weighted by Gasteiger charge is 2.31. The van der Waals surface area contributed by atoms with Crippen molar-refractivity contribution in [3.05, 3.63) is 59.1 Å². The number of nitrogens with zero attached hydrogens (tertiary/aromatic N) is 3. The lowest BCUT2D eigenvalue weighted by atomic mass is 10.0. The molecule has 0 saturated carbocycles. The standard InChI is InChI=1S/C18H16N4O2S/c23-17-8-14(19-18(24)16-11-25-21-20-16)10-22(17)9-13-6-3-5-12-4-1-2-7-15(12)13/h1-7,11,14H,8-10H2,(H,19,24). The first-order chi connectivity index (χ1) is 12.2. The lowest BCUT2D eigenvalue weighted by Crippen LogP contribution is -2.37. The van der Waals surface area contributed by atoms with Crippen molar-refractivity contribution >= 4 is 34.1 Å². The molecule has 1 aliphatic rings. The lowest BCUT2D eigenvalue weighted by molar-refractivity contribution is -0.128. The van der Waals surface area contributed by atoms with Crippen LogP contribution in [0.15, 0.2) is 47.8 Å². The Hall–Kier alpha value is -2.80. The van der Waals surface area contributed by atoms with Crippen LogP contribution in [0.1, 0.15) is 22.5 Å². The number of carbonyl (C=O) groups excluding carboxylic acids is 2. The minimum Gasteiger partial charge on any atom is -0.346 e. The van der Waals surface area contributed by atoms with Crippen LogP contribution in [0.3, 0.4) is 0 Å². The van der Waals surface area contributed by atoms with Gasteiger partial charge in [-0.3, -0.25) is 9.59 Å². The first kappa shape index (κ1) is 15.7. The third-order valence-corrected chi connectivity index (χ3v) is 4.89. The number of aromatic nitrogens is 2. The molecule has 6 nitrogen and oxygen atoms in total. The Kier molecular flexibility index (Phi) is 4.15. The minimum atomic E-state index is -0.279. The summed E-state index contributed by atoms with van der Waals surface area (Å²) in [6.45, 7) is 1.05. The smallest absolute Gasteiger partial charge is 0.273 e. The van der Waals surface area contributed by atoms with Gasteiger partial charge in [0.25, 0.3) is 5.91 Å². The molecule has 1 aliphatic heterocycles. The Bertz CT molecular complexity index is 920. The third-order valence-electron chi connectivity index (χ3n) is 4.38. The second-order valence-corrected chi connectivity index (χ2v) is 6.69. The summed E-state index contributed by atoms with van der Waals surface area (Å²) in [5, 5.41) is 10.5. The molecular formula is C18H16N4O2S. The molecule has 0 bridgehead atoms. The second kappa shape index (κ2) is 6.60. The van der Waals surface area contributed by atoms with E-state index in [0.29, 0.717) is 25.2 Å². The van der Waals surface area contributed by atoms with Gasteiger partial charge in [0.1, 0.15) is 0 Å².